The third-order valence-corrected chi connectivity index (χ3v) is 5.42. The minimum atomic E-state index is -0.672. The van der Waals surface area contributed by atoms with Crippen LogP contribution in [0, 0.1) is 5.92 Å². The summed E-state index contributed by atoms with van der Waals surface area (Å²) in [6.45, 7) is 4.72. The van der Waals surface area contributed by atoms with Gasteiger partial charge in [0.05, 0.1) is 11.9 Å². The molecule has 1 aromatic rings. The molecule has 0 amide bonds. The van der Waals surface area contributed by atoms with E-state index in [1.165, 1.54) is 4.68 Å². The van der Waals surface area contributed by atoms with E-state index in [9.17, 15) is 9.00 Å². The van der Waals surface area contributed by atoms with E-state index in [-0.39, 0.29) is 11.6 Å². The van der Waals surface area contributed by atoms with Crippen molar-refractivity contribution in [1.29, 1.82) is 0 Å². The first kappa shape index (κ1) is 15.7. The van der Waals surface area contributed by atoms with Crippen LogP contribution in [0.2, 0.25) is 0 Å². The van der Waals surface area contributed by atoms with Crippen LogP contribution in [0.3, 0.4) is 0 Å². The highest BCUT2D eigenvalue weighted by atomic mass is 79.9. The lowest BCUT2D eigenvalue weighted by molar-refractivity contribution is 0.462. The molecule has 2 rings (SSSR count). The van der Waals surface area contributed by atoms with E-state index in [0.717, 1.165) is 30.0 Å². The molecule has 1 aliphatic rings. The Labute approximate surface area is 129 Å². The topological polar surface area (TPSA) is 64.0 Å². The molecule has 1 saturated heterocycles. The summed E-state index contributed by atoms with van der Waals surface area (Å²) in [5.41, 5.74) is 0.621. The molecular weight excluding hydrogens is 342 g/mol. The molecule has 112 valence electrons. The SMILES string of the molecule is CC(C)Cn1ncc(NC2CCS(=O)CC2)c(Br)c1=O. The molecule has 5 nitrogen and oxygen atoms in total. The summed E-state index contributed by atoms with van der Waals surface area (Å²) in [6.07, 6.45) is 3.43. The van der Waals surface area contributed by atoms with Gasteiger partial charge in [-0.05, 0) is 34.7 Å². The number of aromatic nitrogens is 2. The Morgan fingerprint density at radius 3 is 2.75 bits per heavy atom. The summed E-state index contributed by atoms with van der Waals surface area (Å²) in [7, 11) is -0.672. The normalized spacial score (nSPS) is 23.0. The molecule has 0 bridgehead atoms. The van der Waals surface area contributed by atoms with E-state index in [4.69, 9.17) is 0 Å². The van der Waals surface area contributed by atoms with Crippen LogP contribution < -0.4 is 10.9 Å². The third-order valence-electron chi connectivity index (χ3n) is 3.27. The van der Waals surface area contributed by atoms with Crippen LogP contribution in [0.25, 0.3) is 0 Å². The number of hydrogen-bond acceptors (Lipinski definition) is 4. The molecule has 20 heavy (non-hydrogen) atoms. The van der Waals surface area contributed by atoms with Crippen molar-refractivity contribution in [3.05, 3.63) is 21.0 Å². The maximum absolute atomic E-state index is 12.2. The Kier molecular flexibility index (Phi) is 5.37. The average Bonchev–Trinajstić information content (AvgIpc) is 2.40. The zero-order valence-corrected chi connectivity index (χ0v) is 14.2. The zero-order chi connectivity index (χ0) is 14.7. The van der Waals surface area contributed by atoms with Gasteiger partial charge in [-0.1, -0.05) is 13.8 Å². The van der Waals surface area contributed by atoms with Gasteiger partial charge in [-0.15, -0.1) is 0 Å². The maximum atomic E-state index is 12.2. The second kappa shape index (κ2) is 6.85. The predicted octanol–water partition coefficient (Wildman–Crippen LogP) is 1.98. The molecule has 1 N–H and O–H groups in total. The molecule has 1 fully saturated rings. The second-order valence-electron chi connectivity index (χ2n) is 5.52. The van der Waals surface area contributed by atoms with Crippen molar-refractivity contribution < 1.29 is 4.21 Å². The zero-order valence-electron chi connectivity index (χ0n) is 11.8. The van der Waals surface area contributed by atoms with Gasteiger partial charge in [0.1, 0.15) is 4.47 Å². The molecule has 7 heteroatoms. The van der Waals surface area contributed by atoms with Gasteiger partial charge in [0.2, 0.25) is 0 Å². The fourth-order valence-electron chi connectivity index (χ4n) is 2.20. The van der Waals surface area contributed by atoms with Crippen molar-refractivity contribution >= 4 is 32.4 Å². The summed E-state index contributed by atoms with van der Waals surface area (Å²) in [5.74, 6) is 1.83. The molecule has 0 aliphatic carbocycles. The Hall–Kier alpha value is -0.690. The van der Waals surface area contributed by atoms with Gasteiger partial charge >= 0.3 is 0 Å². The van der Waals surface area contributed by atoms with Gasteiger partial charge < -0.3 is 5.32 Å². The fraction of sp³-hybridized carbons (Fsp3) is 0.692. The van der Waals surface area contributed by atoms with E-state index >= 15 is 0 Å². The van der Waals surface area contributed by atoms with Crippen molar-refractivity contribution in [3.63, 3.8) is 0 Å². The lowest BCUT2D eigenvalue weighted by Crippen LogP contribution is -2.32. The molecular formula is C13H20BrN3O2S. The number of halogens is 1. The van der Waals surface area contributed by atoms with Crippen LogP contribution in [-0.4, -0.2) is 31.5 Å². The number of nitrogens with one attached hydrogen (secondary N) is 1. The van der Waals surface area contributed by atoms with Gasteiger partial charge in [0.15, 0.2) is 0 Å². The summed E-state index contributed by atoms with van der Waals surface area (Å²) < 4.78 is 13.3. The molecule has 0 radical (unpaired) electrons. The largest absolute Gasteiger partial charge is 0.380 e. The standard InChI is InChI=1S/C13H20BrN3O2S/c1-9(2)8-17-13(18)12(14)11(7-15-17)16-10-3-5-20(19)6-4-10/h7,9-10,16H,3-6,8H2,1-2H3. The van der Waals surface area contributed by atoms with Gasteiger partial charge in [-0.2, -0.15) is 5.10 Å². The van der Waals surface area contributed by atoms with Crippen molar-refractivity contribution in [2.45, 2.75) is 39.3 Å². The predicted molar refractivity (Wildman–Crippen MR) is 85.6 cm³/mol. The fourth-order valence-corrected chi connectivity index (χ4v) is 3.92. The number of hydrogen-bond donors (Lipinski definition) is 1. The Balaban J connectivity index is 2.11. The minimum Gasteiger partial charge on any atom is -0.380 e. The van der Waals surface area contributed by atoms with E-state index in [1.54, 1.807) is 6.20 Å². The highest BCUT2D eigenvalue weighted by molar-refractivity contribution is 9.10. The number of nitrogens with zero attached hydrogens (tertiary/aromatic N) is 2. The highest BCUT2D eigenvalue weighted by Gasteiger charge is 2.19. The van der Waals surface area contributed by atoms with Crippen molar-refractivity contribution in [2.24, 2.45) is 5.92 Å². The molecule has 0 aromatic carbocycles. The Morgan fingerprint density at radius 2 is 2.15 bits per heavy atom. The smallest absolute Gasteiger partial charge is 0.283 e. The average molecular weight is 362 g/mol. The first-order valence-corrected chi connectivity index (χ1v) is 9.12. The molecule has 2 heterocycles. The third kappa shape index (κ3) is 3.91. The molecule has 0 atom stereocenters. The van der Waals surface area contributed by atoms with Gasteiger partial charge in [0, 0.05) is 34.9 Å². The lowest BCUT2D eigenvalue weighted by Gasteiger charge is -2.24. The van der Waals surface area contributed by atoms with Gasteiger partial charge in [0.25, 0.3) is 5.56 Å². The van der Waals surface area contributed by atoms with Crippen LogP contribution in [0.1, 0.15) is 26.7 Å². The van der Waals surface area contributed by atoms with Crippen molar-refractivity contribution in [3.8, 4) is 0 Å². The number of rotatable bonds is 4. The van der Waals surface area contributed by atoms with Crippen LogP contribution in [0.15, 0.2) is 15.5 Å². The summed E-state index contributed by atoms with van der Waals surface area (Å²) in [6, 6.07) is 0.270. The van der Waals surface area contributed by atoms with Crippen LogP contribution in [0.5, 0.6) is 0 Å². The highest BCUT2D eigenvalue weighted by Crippen LogP contribution is 2.21. The Morgan fingerprint density at radius 1 is 1.50 bits per heavy atom. The summed E-state index contributed by atoms with van der Waals surface area (Å²) in [5, 5.41) is 7.55. The van der Waals surface area contributed by atoms with Crippen LogP contribution in [0.4, 0.5) is 5.69 Å². The number of anilines is 1. The van der Waals surface area contributed by atoms with E-state index in [1.807, 2.05) is 0 Å². The monoisotopic (exact) mass is 361 g/mol. The molecule has 1 aliphatic heterocycles. The second-order valence-corrected chi connectivity index (χ2v) is 8.01. The quantitative estimate of drug-likeness (QED) is 0.890. The summed E-state index contributed by atoms with van der Waals surface area (Å²) >= 11 is 3.36. The summed E-state index contributed by atoms with van der Waals surface area (Å²) in [4.78, 5) is 12.2. The molecule has 0 saturated carbocycles. The van der Waals surface area contributed by atoms with Gasteiger partial charge in [-0.25, -0.2) is 4.68 Å². The van der Waals surface area contributed by atoms with Gasteiger partial charge in [-0.3, -0.25) is 9.00 Å². The molecule has 0 spiro atoms. The molecule has 1 aromatic heterocycles. The van der Waals surface area contributed by atoms with Crippen LogP contribution in [-0.2, 0) is 17.3 Å². The van der Waals surface area contributed by atoms with Crippen molar-refractivity contribution in [1.82, 2.24) is 9.78 Å². The maximum Gasteiger partial charge on any atom is 0.283 e. The van der Waals surface area contributed by atoms with Crippen LogP contribution >= 0.6 is 15.9 Å². The first-order valence-electron chi connectivity index (χ1n) is 6.84. The Bertz CT molecular complexity index is 549. The minimum absolute atomic E-state index is 0.108. The molecule has 0 unspecified atom stereocenters. The van der Waals surface area contributed by atoms with Crippen molar-refractivity contribution in [2.75, 3.05) is 16.8 Å². The lowest BCUT2D eigenvalue weighted by atomic mass is 10.1. The van der Waals surface area contributed by atoms with E-state index < -0.39 is 10.8 Å². The first-order chi connectivity index (χ1) is 9.47. The van der Waals surface area contributed by atoms with E-state index in [0.29, 0.717) is 16.9 Å². The van der Waals surface area contributed by atoms with E-state index in [2.05, 4.69) is 40.2 Å².